The number of piperazine rings is 1. The Kier molecular flexibility index (Phi) is 6.19. The number of aromatic nitrogens is 2. The molecule has 0 radical (unpaired) electrons. The summed E-state index contributed by atoms with van der Waals surface area (Å²) < 4.78 is 32.6. The fraction of sp³-hybridized carbons (Fsp3) is 0.381. The van der Waals surface area contributed by atoms with Crippen molar-refractivity contribution in [3.63, 3.8) is 0 Å². The van der Waals surface area contributed by atoms with E-state index in [2.05, 4.69) is 10.1 Å². The molecule has 0 spiro atoms. The molecule has 1 amide bonds. The molecular weight excluding hydrogens is 475 g/mol. The summed E-state index contributed by atoms with van der Waals surface area (Å²) in [4.78, 5) is 19.6. The molecule has 11 heteroatoms. The van der Waals surface area contributed by atoms with Crippen LogP contribution in [0.5, 0.6) is 0 Å². The summed E-state index contributed by atoms with van der Waals surface area (Å²) in [5, 5.41) is 5.01. The van der Waals surface area contributed by atoms with Gasteiger partial charge < -0.3 is 9.42 Å². The molecule has 170 valence electrons. The van der Waals surface area contributed by atoms with Crippen molar-refractivity contribution in [1.29, 1.82) is 0 Å². The summed E-state index contributed by atoms with van der Waals surface area (Å²) >= 11 is 11.9. The molecular formula is C21H22Cl2N4O4S. The largest absolute Gasteiger partial charge is 0.336 e. The van der Waals surface area contributed by atoms with Gasteiger partial charge in [0.25, 0.3) is 11.6 Å². The van der Waals surface area contributed by atoms with Crippen molar-refractivity contribution >= 4 is 50.2 Å². The third kappa shape index (κ3) is 4.10. The highest BCUT2D eigenvalue weighted by atomic mass is 35.5. The van der Waals surface area contributed by atoms with E-state index in [4.69, 9.17) is 27.7 Å². The summed E-state index contributed by atoms with van der Waals surface area (Å²) in [5.74, 6) is -0.0956. The van der Waals surface area contributed by atoms with Gasteiger partial charge in [0, 0.05) is 31.9 Å². The first-order valence-corrected chi connectivity index (χ1v) is 12.3. The number of amides is 1. The van der Waals surface area contributed by atoms with E-state index in [1.165, 1.54) is 22.5 Å². The van der Waals surface area contributed by atoms with E-state index in [-0.39, 0.29) is 52.9 Å². The number of pyridine rings is 1. The second-order valence-corrected chi connectivity index (χ2v) is 10.7. The molecule has 0 aliphatic carbocycles. The standard InChI is InChI=1S/C21H22Cl2N4O4S/c1-12(2)18-11-15(19-13(3)25-31-20(19)24-18)21(28)26-6-8-27(9-7-26)32(29,30)14-4-5-16(22)17(23)10-14/h4-5,10-12H,6-9H2,1-3H3. The van der Waals surface area contributed by atoms with Crippen LogP contribution in [0, 0.1) is 6.92 Å². The first kappa shape index (κ1) is 23.0. The summed E-state index contributed by atoms with van der Waals surface area (Å²) in [7, 11) is -3.75. The smallest absolute Gasteiger partial charge is 0.259 e. The SMILES string of the molecule is Cc1noc2nc(C(C)C)cc(C(=O)N3CCN(S(=O)(=O)c4ccc(Cl)c(Cl)c4)CC3)c12. The molecule has 3 aromatic rings. The summed E-state index contributed by atoms with van der Waals surface area (Å²) in [6.45, 7) is 6.58. The Bertz CT molecular complexity index is 1300. The number of sulfonamides is 1. The van der Waals surface area contributed by atoms with Crippen molar-refractivity contribution in [3.8, 4) is 0 Å². The van der Waals surface area contributed by atoms with Crippen LogP contribution in [0.3, 0.4) is 0 Å². The zero-order chi connectivity index (χ0) is 23.2. The van der Waals surface area contributed by atoms with Crippen molar-refractivity contribution < 1.29 is 17.7 Å². The van der Waals surface area contributed by atoms with Crippen molar-refractivity contribution in [2.45, 2.75) is 31.6 Å². The van der Waals surface area contributed by atoms with Crippen LogP contribution in [-0.2, 0) is 10.0 Å². The lowest BCUT2D eigenvalue weighted by atomic mass is 10.0. The fourth-order valence-corrected chi connectivity index (χ4v) is 5.48. The third-order valence-corrected chi connectivity index (χ3v) is 8.15. The molecule has 0 saturated carbocycles. The number of rotatable bonds is 4. The van der Waals surface area contributed by atoms with Crippen molar-refractivity contribution in [2.75, 3.05) is 26.2 Å². The Hall–Kier alpha value is -2.20. The Morgan fingerprint density at radius 2 is 1.78 bits per heavy atom. The molecule has 1 aliphatic rings. The van der Waals surface area contributed by atoms with Gasteiger partial charge in [-0.05, 0) is 37.1 Å². The van der Waals surface area contributed by atoms with Gasteiger partial charge >= 0.3 is 0 Å². The highest BCUT2D eigenvalue weighted by Crippen LogP contribution is 2.29. The monoisotopic (exact) mass is 496 g/mol. The van der Waals surface area contributed by atoms with Gasteiger partial charge in [-0.3, -0.25) is 4.79 Å². The lowest BCUT2D eigenvalue weighted by molar-refractivity contribution is 0.0699. The maximum atomic E-state index is 13.4. The summed E-state index contributed by atoms with van der Waals surface area (Å²) in [5.41, 5.74) is 2.13. The van der Waals surface area contributed by atoms with Gasteiger partial charge in [0.05, 0.1) is 31.6 Å². The Morgan fingerprint density at radius 3 is 2.41 bits per heavy atom. The van der Waals surface area contributed by atoms with Gasteiger partial charge in [-0.2, -0.15) is 4.31 Å². The number of fused-ring (bicyclic) bond motifs is 1. The minimum Gasteiger partial charge on any atom is -0.336 e. The zero-order valence-electron chi connectivity index (χ0n) is 17.8. The van der Waals surface area contributed by atoms with Gasteiger partial charge in [-0.1, -0.05) is 42.2 Å². The molecule has 32 heavy (non-hydrogen) atoms. The van der Waals surface area contributed by atoms with Crippen LogP contribution in [0.2, 0.25) is 10.0 Å². The molecule has 1 fully saturated rings. The van der Waals surface area contributed by atoms with Gasteiger partial charge in [-0.15, -0.1) is 0 Å². The number of hydrogen-bond acceptors (Lipinski definition) is 6. The maximum Gasteiger partial charge on any atom is 0.259 e. The van der Waals surface area contributed by atoms with E-state index in [9.17, 15) is 13.2 Å². The van der Waals surface area contributed by atoms with Crippen molar-refractivity contribution in [1.82, 2.24) is 19.3 Å². The molecule has 8 nitrogen and oxygen atoms in total. The second kappa shape index (κ2) is 8.62. The van der Waals surface area contributed by atoms with E-state index >= 15 is 0 Å². The highest BCUT2D eigenvalue weighted by Gasteiger charge is 2.32. The van der Waals surface area contributed by atoms with E-state index in [1.807, 2.05) is 13.8 Å². The van der Waals surface area contributed by atoms with Crippen LogP contribution in [0.1, 0.15) is 41.5 Å². The zero-order valence-corrected chi connectivity index (χ0v) is 20.1. The molecule has 0 unspecified atom stereocenters. The number of aryl methyl sites for hydroxylation is 1. The second-order valence-electron chi connectivity index (χ2n) is 7.97. The number of carbonyl (C=O) groups excluding carboxylic acids is 1. The number of hydrogen-bond donors (Lipinski definition) is 0. The fourth-order valence-electron chi connectivity index (χ4n) is 3.67. The van der Waals surface area contributed by atoms with Crippen molar-refractivity contribution in [3.05, 3.63) is 51.3 Å². The lowest BCUT2D eigenvalue weighted by Gasteiger charge is -2.34. The average Bonchev–Trinajstić information content (AvgIpc) is 3.15. The normalized spacial score (nSPS) is 15.6. The van der Waals surface area contributed by atoms with Crippen LogP contribution < -0.4 is 0 Å². The van der Waals surface area contributed by atoms with E-state index in [0.29, 0.717) is 22.4 Å². The first-order chi connectivity index (χ1) is 15.1. The van der Waals surface area contributed by atoms with Gasteiger partial charge in [0.1, 0.15) is 0 Å². The highest BCUT2D eigenvalue weighted by molar-refractivity contribution is 7.89. The van der Waals surface area contributed by atoms with Crippen LogP contribution >= 0.6 is 23.2 Å². The van der Waals surface area contributed by atoms with Crippen LogP contribution in [0.25, 0.3) is 11.1 Å². The Balaban J connectivity index is 1.57. The quantitative estimate of drug-likeness (QED) is 0.539. The first-order valence-electron chi connectivity index (χ1n) is 10.1. The third-order valence-electron chi connectivity index (χ3n) is 5.51. The minimum atomic E-state index is -3.75. The number of carbonyl (C=O) groups is 1. The predicted octanol–water partition coefficient (Wildman–Crippen LogP) is 4.11. The van der Waals surface area contributed by atoms with Gasteiger partial charge in [0.2, 0.25) is 10.0 Å². The van der Waals surface area contributed by atoms with E-state index < -0.39 is 10.0 Å². The van der Waals surface area contributed by atoms with Crippen molar-refractivity contribution in [2.24, 2.45) is 0 Å². The van der Waals surface area contributed by atoms with Crippen LogP contribution in [-0.4, -0.2) is 59.8 Å². The lowest BCUT2D eigenvalue weighted by Crippen LogP contribution is -2.50. The van der Waals surface area contributed by atoms with Gasteiger partial charge in [-0.25, -0.2) is 13.4 Å². The molecule has 1 aromatic carbocycles. The molecule has 1 saturated heterocycles. The maximum absolute atomic E-state index is 13.4. The Morgan fingerprint density at radius 1 is 1.09 bits per heavy atom. The number of halogens is 2. The molecule has 1 aliphatic heterocycles. The predicted molar refractivity (Wildman–Crippen MR) is 122 cm³/mol. The Labute approximate surface area is 196 Å². The molecule has 4 rings (SSSR count). The van der Waals surface area contributed by atoms with Gasteiger partial charge in [0.15, 0.2) is 0 Å². The topological polar surface area (TPSA) is 96.6 Å². The van der Waals surface area contributed by atoms with Crippen LogP contribution in [0.15, 0.2) is 33.7 Å². The van der Waals surface area contributed by atoms with Crippen LogP contribution in [0.4, 0.5) is 0 Å². The molecule has 0 atom stereocenters. The van der Waals surface area contributed by atoms with E-state index in [1.54, 1.807) is 17.9 Å². The summed E-state index contributed by atoms with van der Waals surface area (Å²) in [6, 6.07) is 6.00. The minimum absolute atomic E-state index is 0.0733. The molecule has 3 heterocycles. The van der Waals surface area contributed by atoms with E-state index in [0.717, 1.165) is 5.69 Å². The molecule has 2 aromatic heterocycles. The average molecular weight is 497 g/mol. The molecule has 0 N–H and O–H groups in total. The number of benzene rings is 1. The summed E-state index contributed by atoms with van der Waals surface area (Å²) in [6.07, 6.45) is 0. The molecule has 0 bridgehead atoms. The number of nitrogens with zero attached hydrogens (tertiary/aromatic N) is 4.